The summed E-state index contributed by atoms with van der Waals surface area (Å²) in [7, 11) is 0. The normalized spacial score (nSPS) is 14.5. The van der Waals surface area contributed by atoms with Gasteiger partial charge in [0.25, 0.3) is 6.71 Å². The van der Waals surface area contributed by atoms with Gasteiger partial charge >= 0.3 is 0 Å². The molecular weight excluding hydrogens is 1330 g/mol. The molecule has 2 aliphatic heterocycles. The van der Waals surface area contributed by atoms with E-state index in [2.05, 4.69) is 374 Å². The average molecular weight is 1440 g/mol. The quantitative estimate of drug-likeness (QED) is 0.133. The van der Waals surface area contributed by atoms with E-state index in [1.54, 1.807) is 4.57 Å². The van der Waals surface area contributed by atoms with Crippen LogP contribution in [0.3, 0.4) is 0 Å². The first-order valence-corrected chi connectivity index (χ1v) is 39.3. The molecule has 0 radical (unpaired) electrons. The first kappa shape index (κ1) is 64.2. The Morgan fingerprint density at radius 1 is 0.255 bits per heavy atom. The Morgan fingerprint density at radius 2 is 0.545 bits per heavy atom. The third-order valence-electron chi connectivity index (χ3n) is 23.2. The molecule has 1 aromatic heterocycles. The highest BCUT2D eigenvalue weighted by molar-refractivity contribution is 7.00. The smallest absolute Gasteiger partial charge is 0.252 e. The molecule has 16 rings (SSSR count). The van der Waals surface area contributed by atoms with Crippen LogP contribution >= 0.6 is 0 Å². The zero-order valence-electron chi connectivity index (χ0n) is 76.3. The topological polar surface area (TPSA) is 11.4 Å². The molecule has 0 saturated carbocycles. The second-order valence-electron chi connectivity index (χ2n) is 38.2. The van der Waals surface area contributed by atoms with Crippen molar-refractivity contribution in [2.45, 2.75) is 183 Å². The maximum atomic E-state index is 9.98. The minimum atomic E-state index is -0.512. The number of benzene rings is 13. The van der Waals surface area contributed by atoms with Crippen molar-refractivity contribution < 1.29 is 11.0 Å². The van der Waals surface area contributed by atoms with Crippen molar-refractivity contribution in [1.82, 2.24) is 4.57 Å². The van der Waals surface area contributed by atoms with Crippen LogP contribution in [0.15, 0.2) is 273 Å². The van der Waals surface area contributed by atoms with Gasteiger partial charge in [-0.2, -0.15) is 0 Å². The predicted octanol–water partition coefficient (Wildman–Crippen LogP) is 28.0. The summed E-state index contributed by atoms with van der Waals surface area (Å²) < 4.78 is 78.2. The third kappa shape index (κ3) is 13.2. The van der Waals surface area contributed by atoms with Crippen LogP contribution in [0.25, 0.3) is 94.3 Å². The van der Waals surface area contributed by atoms with Gasteiger partial charge in [-0.3, -0.25) is 0 Å². The summed E-state index contributed by atoms with van der Waals surface area (Å²) in [4.78, 5) is 5.14. The number of nitrogens with zero attached hydrogens (tertiary/aromatic N) is 3. The molecule has 0 fully saturated rings. The highest BCUT2D eigenvalue weighted by Gasteiger charge is 2.46. The fourth-order valence-electron chi connectivity index (χ4n) is 16.5. The standard InChI is InChI=1S/C106H108BN3/c1-100(2,3)75-46-35-68(36-47-75)74-60-95-97-96(61-74)110(99-87(71-41-52-78(53-42-71)103(10,11)12)64-81(106(19,20)21)65-88(99)72-43-54-79(55-44-72)104(13,14)15)94-66-82(108-91-33-27-25-31-83(91)84-32-26-28-34-92(84)108)56-58-90(94)107(97)89-57-45-73(67-29-23-22-24-30-67)59-93(89)109(95)98-85(69-37-48-76(49-38-69)101(4,5)6)62-80(105(16,17)18)63-86(98)70-39-50-77(51-40-70)102(7,8)9/h22-66H,1-21H3/i25D,26D,27D,28D,31D,32D,33D,34D. The van der Waals surface area contributed by atoms with Crippen LogP contribution in [0.5, 0.6) is 0 Å². The Kier molecular flexibility index (Phi) is 15.5. The largest absolute Gasteiger partial charge is 0.310 e. The van der Waals surface area contributed by atoms with Crippen molar-refractivity contribution in [3.63, 3.8) is 0 Å². The van der Waals surface area contributed by atoms with Gasteiger partial charge in [-0.1, -0.05) is 352 Å². The summed E-state index contributed by atoms with van der Waals surface area (Å²) in [5.74, 6) is 0. The van der Waals surface area contributed by atoms with Crippen molar-refractivity contribution in [3.05, 3.63) is 312 Å². The average Bonchev–Trinajstić information content (AvgIpc) is 1.67. The minimum absolute atomic E-state index is 0.0134. The Labute approximate surface area is 668 Å². The lowest BCUT2D eigenvalue weighted by Crippen LogP contribution is -2.61. The molecule has 550 valence electrons. The van der Waals surface area contributed by atoms with Crippen molar-refractivity contribution in [2.75, 3.05) is 9.80 Å². The van der Waals surface area contributed by atoms with E-state index in [1.807, 2.05) is 6.07 Å². The third-order valence-corrected chi connectivity index (χ3v) is 23.2. The number of rotatable bonds is 9. The van der Waals surface area contributed by atoms with Crippen molar-refractivity contribution in [2.24, 2.45) is 0 Å². The van der Waals surface area contributed by atoms with Gasteiger partial charge in [0, 0.05) is 61.5 Å². The summed E-state index contributed by atoms with van der Waals surface area (Å²) in [5.41, 5.74) is 28.5. The van der Waals surface area contributed by atoms with Gasteiger partial charge in [0.05, 0.1) is 33.4 Å². The minimum Gasteiger partial charge on any atom is -0.310 e. The molecule has 0 N–H and O–H groups in total. The molecule has 0 amide bonds. The van der Waals surface area contributed by atoms with Gasteiger partial charge in [0.1, 0.15) is 0 Å². The van der Waals surface area contributed by atoms with E-state index >= 15 is 0 Å². The van der Waals surface area contributed by atoms with E-state index in [4.69, 9.17) is 0 Å². The van der Waals surface area contributed by atoms with Crippen LogP contribution in [-0.2, 0) is 37.9 Å². The van der Waals surface area contributed by atoms with Crippen LogP contribution < -0.4 is 26.2 Å². The number of fused-ring (bicyclic) bond motifs is 7. The Morgan fingerprint density at radius 3 is 0.891 bits per heavy atom. The van der Waals surface area contributed by atoms with Gasteiger partial charge in [0.15, 0.2) is 0 Å². The molecule has 3 heterocycles. The molecule has 0 aliphatic carbocycles. The second kappa shape index (κ2) is 26.5. The zero-order valence-corrected chi connectivity index (χ0v) is 68.3. The highest BCUT2D eigenvalue weighted by Crippen LogP contribution is 2.56. The SMILES string of the molecule is [2H]c1c([2H])c([2H])c2c(c1[2H])c1c([2H])c([2H])c([2H])c([2H])c1n2-c1ccc2c(c1)N(c1c(-c3ccc(C(C)(C)C)cc3)cc(C(C)(C)C)cc1-c1ccc(C(C)(C)C)cc1)c1cc(-c3ccc(C(C)(C)C)cc3)cc3c1B2c1ccc(-c2ccccc2)cc1N3c1c(-c2ccc(C(C)(C)C)cc2)cc(C(C)(C)C)cc1-c1ccc(C(C)(C)C)cc1. The molecule has 4 heteroatoms. The predicted molar refractivity (Wildman–Crippen MR) is 478 cm³/mol. The number of aromatic nitrogens is 1. The molecule has 0 unspecified atom stereocenters. The maximum absolute atomic E-state index is 9.98. The van der Waals surface area contributed by atoms with Gasteiger partial charge in [-0.25, -0.2) is 0 Å². The molecule has 0 bridgehead atoms. The summed E-state index contributed by atoms with van der Waals surface area (Å²) in [5, 5.41) is 0.0269. The van der Waals surface area contributed by atoms with E-state index in [0.717, 1.165) is 123 Å². The zero-order chi connectivity index (χ0) is 84.6. The fourth-order valence-corrected chi connectivity index (χ4v) is 16.5. The monoisotopic (exact) mass is 1440 g/mol. The van der Waals surface area contributed by atoms with E-state index in [1.165, 1.54) is 33.4 Å². The Balaban J connectivity index is 1.15. The number of para-hydroxylation sites is 2. The fraction of sp³-hybridized carbons (Fsp3) is 0.264. The molecule has 0 spiro atoms. The molecule has 3 nitrogen and oxygen atoms in total. The number of hydrogen-bond donors (Lipinski definition) is 0. The van der Waals surface area contributed by atoms with E-state index in [0.29, 0.717) is 5.69 Å². The van der Waals surface area contributed by atoms with Gasteiger partial charge < -0.3 is 14.4 Å². The van der Waals surface area contributed by atoms with Crippen molar-refractivity contribution in [1.29, 1.82) is 0 Å². The first-order valence-electron chi connectivity index (χ1n) is 43.3. The Bertz CT molecular complexity index is 6150. The molecule has 14 aromatic rings. The van der Waals surface area contributed by atoms with E-state index < -0.39 is 43.0 Å². The summed E-state index contributed by atoms with van der Waals surface area (Å²) in [6.45, 7) is 47.3. The first-order chi connectivity index (χ1) is 55.3. The molecule has 0 saturated heterocycles. The van der Waals surface area contributed by atoms with E-state index in [9.17, 15) is 11.0 Å². The summed E-state index contributed by atoms with van der Waals surface area (Å²) >= 11 is 0. The summed E-state index contributed by atoms with van der Waals surface area (Å²) in [6.07, 6.45) is 0. The lowest BCUT2D eigenvalue weighted by Gasteiger charge is -2.46. The maximum Gasteiger partial charge on any atom is 0.252 e. The number of hydrogen-bond acceptors (Lipinski definition) is 2. The van der Waals surface area contributed by atoms with Crippen LogP contribution in [0.1, 0.15) is 195 Å². The van der Waals surface area contributed by atoms with Crippen LogP contribution in [-0.4, -0.2) is 11.3 Å². The molecular formula is C106H108BN3. The van der Waals surface area contributed by atoms with Crippen LogP contribution in [0, 0.1) is 0 Å². The molecule has 110 heavy (non-hydrogen) atoms. The Hall–Kier alpha value is -10.7. The lowest BCUT2D eigenvalue weighted by atomic mass is 9.33. The lowest BCUT2D eigenvalue weighted by molar-refractivity contribution is 0.589. The van der Waals surface area contributed by atoms with Crippen LogP contribution in [0.2, 0.25) is 0 Å². The van der Waals surface area contributed by atoms with E-state index in [-0.39, 0.29) is 71.8 Å². The second-order valence-corrected chi connectivity index (χ2v) is 38.2. The van der Waals surface area contributed by atoms with Gasteiger partial charge in [0.2, 0.25) is 0 Å². The van der Waals surface area contributed by atoms with Crippen LogP contribution in [0.4, 0.5) is 34.1 Å². The van der Waals surface area contributed by atoms with Gasteiger partial charge in [-0.05, 0) is 204 Å². The molecule has 0 atom stereocenters. The molecule has 2 aliphatic rings. The van der Waals surface area contributed by atoms with Gasteiger partial charge in [-0.15, -0.1) is 0 Å². The summed E-state index contributed by atoms with van der Waals surface area (Å²) in [6, 6.07) is 81.3. The molecule has 13 aromatic carbocycles. The van der Waals surface area contributed by atoms with Crippen molar-refractivity contribution >= 4 is 79.0 Å². The van der Waals surface area contributed by atoms with Crippen molar-refractivity contribution in [3.8, 4) is 72.4 Å². The number of anilines is 6. The highest BCUT2D eigenvalue weighted by atomic mass is 15.2.